The summed E-state index contributed by atoms with van der Waals surface area (Å²) in [6.07, 6.45) is -3.09. The van der Waals surface area contributed by atoms with Gasteiger partial charge >= 0.3 is 6.18 Å². The van der Waals surface area contributed by atoms with Crippen LogP contribution in [0.1, 0.15) is 18.1 Å². The van der Waals surface area contributed by atoms with E-state index in [9.17, 15) is 13.2 Å². The number of nitrogens with one attached hydrogen (secondary N) is 1. The lowest BCUT2D eigenvalue weighted by molar-refractivity contribution is -0.191. The molecule has 0 aromatic carbocycles. The molecule has 1 unspecified atom stereocenters. The number of aryl methyl sites for hydroxylation is 1. The van der Waals surface area contributed by atoms with Gasteiger partial charge in [0, 0.05) is 12.7 Å². The van der Waals surface area contributed by atoms with Crippen LogP contribution in [0.15, 0.2) is 16.8 Å². The van der Waals surface area contributed by atoms with Gasteiger partial charge in [0.15, 0.2) is 5.41 Å². The zero-order chi connectivity index (χ0) is 15.1. The smallest absolute Gasteiger partial charge is 0.338 e. The topological polar surface area (TPSA) is 76.7 Å². The fraction of sp³-hybridized carbons (Fsp3) is 0.500. The first kappa shape index (κ1) is 13.9. The Morgan fingerprint density at radius 1 is 1.33 bits per heavy atom. The molecular formula is C12H12F3N5O. The van der Waals surface area contributed by atoms with E-state index in [0.717, 1.165) is 0 Å². The van der Waals surface area contributed by atoms with Gasteiger partial charge in [-0.05, 0) is 26.0 Å². The molecule has 3 rings (SSSR count). The molecule has 9 heteroatoms. The predicted octanol–water partition coefficient (Wildman–Crippen LogP) is 1.63. The first-order valence-electron chi connectivity index (χ1n) is 6.34. The lowest BCUT2D eigenvalue weighted by Crippen LogP contribution is -2.44. The first-order valence-corrected chi connectivity index (χ1v) is 6.34. The Kier molecular flexibility index (Phi) is 3.16. The molecule has 6 nitrogen and oxygen atoms in total. The molecule has 2 aromatic heterocycles. The highest BCUT2D eigenvalue weighted by molar-refractivity contribution is 5.47. The SMILES string of the molecule is Cc1nccc(-c2noc(C3(C(F)(F)F)CCNC3)n2)n1. The van der Waals surface area contributed by atoms with Crippen LogP contribution in [0.2, 0.25) is 0 Å². The molecule has 1 saturated heterocycles. The third-order valence-corrected chi connectivity index (χ3v) is 3.54. The maximum Gasteiger partial charge on any atom is 0.404 e. The van der Waals surface area contributed by atoms with Crippen molar-refractivity contribution in [2.24, 2.45) is 0 Å². The van der Waals surface area contributed by atoms with Crippen molar-refractivity contribution in [3.05, 3.63) is 24.0 Å². The van der Waals surface area contributed by atoms with Crippen LogP contribution in [-0.4, -0.2) is 39.4 Å². The van der Waals surface area contributed by atoms with Gasteiger partial charge in [-0.2, -0.15) is 18.2 Å². The normalized spacial score (nSPS) is 22.7. The Balaban J connectivity index is 2.01. The van der Waals surface area contributed by atoms with Crippen LogP contribution in [0.5, 0.6) is 0 Å². The number of nitrogens with zero attached hydrogens (tertiary/aromatic N) is 4. The lowest BCUT2D eigenvalue weighted by Gasteiger charge is -2.26. The summed E-state index contributed by atoms with van der Waals surface area (Å²) in [7, 11) is 0. The van der Waals surface area contributed by atoms with Crippen LogP contribution in [0.4, 0.5) is 13.2 Å². The van der Waals surface area contributed by atoms with Gasteiger partial charge in [-0.1, -0.05) is 5.16 Å². The fourth-order valence-electron chi connectivity index (χ4n) is 2.34. The van der Waals surface area contributed by atoms with E-state index in [-0.39, 0.29) is 25.3 Å². The van der Waals surface area contributed by atoms with E-state index in [1.54, 1.807) is 6.92 Å². The average molecular weight is 299 g/mol. The highest BCUT2D eigenvalue weighted by Crippen LogP contribution is 2.44. The monoisotopic (exact) mass is 299 g/mol. The summed E-state index contributed by atoms with van der Waals surface area (Å²) in [5.74, 6) is 0.0872. The molecule has 2 aromatic rings. The Morgan fingerprint density at radius 2 is 2.14 bits per heavy atom. The number of halogens is 3. The number of hydrogen-bond donors (Lipinski definition) is 1. The van der Waals surface area contributed by atoms with E-state index in [0.29, 0.717) is 11.5 Å². The molecule has 0 aliphatic carbocycles. The average Bonchev–Trinajstić information content (AvgIpc) is 3.08. The predicted molar refractivity (Wildman–Crippen MR) is 65.3 cm³/mol. The van der Waals surface area contributed by atoms with Crippen molar-refractivity contribution < 1.29 is 17.7 Å². The number of rotatable bonds is 2. The van der Waals surface area contributed by atoms with Crippen LogP contribution in [-0.2, 0) is 5.41 Å². The van der Waals surface area contributed by atoms with Gasteiger partial charge in [-0.3, -0.25) is 0 Å². The van der Waals surface area contributed by atoms with Gasteiger partial charge in [0.2, 0.25) is 11.7 Å². The van der Waals surface area contributed by atoms with Gasteiger partial charge in [0.25, 0.3) is 0 Å². The highest BCUT2D eigenvalue weighted by atomic mass is 19.4. The molecule has 0 saturated carbocycles. The van der Waals surface area contributed by atoms with Gasteiger partial charge in [0.1, 0.15) is 11.5 Å². The second kappa shape index (κ2) is 4.76. The fourth-order valence-corrected chi connectivity index (χ4v) is 2.34. The summed E-state index contributed by atoms with van der Waals surface area (Å²) >= 11 is 0. The maximum absolute atomic E-state index is 13.4. The molecule has 0 radical (unpaired) electrons. The minimum atomic E-state index is -4.46. The van der Waals surface area contributed by atoms with Crippen molar-refractivity contribution in [2.75, 3.05) is 13.1 Å². The van der Waals surface area contributed by atoms with Gasteiger partial charge < -0.3 is 9.84 Å². The van der Waals surface area contributed by atoms with Crippen LogP contribution in [0.3, 0.4) is 0 Å². The van der Waals surface area contributed by atoms with Crippen LogP contribution >= 0.6 is 0 Å². The number of aromatic nitrogens is 4. The van der Waals surface area contributed by atoms with Crippen LogP contribution in [0.25, 0.3) is 11.5 Å². The first-order chi connectivity index (χ1) is 9.92. The number of alkyl halides is 3. The third-order valence-electron chi connectivity index (χ3n) is 3.54. The van der Waals surface area contributed by atoms with Gasteiger partial charge in [0.05, 0.1) is 0 Å². The second-order valence-corrected chi connectivity index (χ2v) is 4.92. The van der Waals surface area contributed by atoms with Crippen LogP contribution < -0.4 is 5.32 Å². The summed E-state index contributed by atoms with van der Waals surface area (Å²) in [6.45, 7) is 1.66. The molecule has 0 amide bonds. The Labute approximate surface area is 117 Å². The van der Waals surface area contributed by atoms with Crippen LogP contribution in [0, 0.1) is 6.92 Å². The lowest BCUT2D eigenvalue weighted by atomic mass is 9.86. The van der Waals surface area contributed by atoms with Gasteiger partial charge in [-0.15, -0.1) is 0 Å². The molecule has 112 valence electrons. The summed E-state index contributed by atoms with van der Waals surface area (Å²) in [6, 6.07) is 1.52. The molecule has 1 N–H and O–H groups in total. The minimum Gasteiger partial charge on any atom is -0.338 e. The quantitative estimate of drug-likeness (QED) is 0.908. The molecule has 0 bridgehead atoms. The van der Waals surface area contributed by atoms with Gasteiger partial charge in [-0.25, -0.2) is 9.97 Å². The highest BCUT2D eigenvalue weighted by Gasteiger charge is 2.61. The van der Waals surface area contributed by atoms with E-state index in [4.69, 9.17) is 4.52 Å². The van der Waals surface area contributed by atoms with E-state index in [1.165, 1.54) is 12.3 Å². The van der Waals surface area contributed by atoms with Crippen molar-refractivity contribution in [3.8, 4) is 11.5 Å². The molecule has 1 atom stereocenters. The molecule has 1 fully saturated rings. The van der Waals surface area contributed by atoms with E-state index in [1.807, 2.05) is 0 Å². The number of hydrogen-bond acceptors (Lipinski definition) is 6. The Morgan fingerprint density at radius 3 is 2.76 bits per heavy atom. The molecule has 0 spiro atoms. The van der Waals surface area contributed by atoms with E-state index in [2.05, 4.69) is 25.4 Å². The standard InChI is InChI=1S/C12H12F3N5O/c1-7-17-4-2-8(18-7)9-19-10(21-20-9)11(12(13,14)15)3-5-16-6-11/h2,4,16H,3,5-6H2,1H3. The van der Waals surface area contributed by atoms with Crippen molar-refractivity contribution in [3.63, 3.8) is 0 Å². The van der Waals surface area contributed by atoms with Crippen molar-refractivity contribution in [1.82, 2.24) is 25.4 Å². The van der Waals surface area contributed by atoms with Crippen molar-refractivity contribution in [1.29, 1.82) is 0 Å². The molecule has 1 aliphatic heterocycles. The van der Waals surface area contributed by atoms with E-state index < -0.39 is 17.5 Å². The van der Waals surface area contributed by atoms with Crippen molar-refractivity contribution >= 4 is 0 Å². The van der Waals surface area contributed by atoms with E-state index >= 15 is 0 Å². The third kappa shape index (κ3) is 2.27. The Hall–Kier alpha value is -2.03. The summed E-state index contributed by atoms with van der Waals surface area (Å²) in [5, 5.41) is 6.33. The largest absolute Gasteiger partial charge is 0.404 e. The van der Waals surface area contributed by atoms with Crippen molar-refractivity contribution in [2.45, 2.75) is 24.9 Å². The maximum atomic E-state index is 13.4. The zero-order valence-corrected chi connectivity index (χ0v) is 11.1. The summed E-state index contributed by atoms with van der Waals surface area (Å²) < 4.78 is 45.0. The summed E-state index contributed by atoms with van der Waals surface area (Å²) in [4.78, 5) is 11.9. The molecular weight excluding hydrogens is 287 g/mol. The molecule has 3 heterocycles. The molecule has 21 heavy (non-hydrogen) atoms. The summed E-state index contributed by atoms with van der Waals surface area (Å²) in [5.41, 5.74) is -1.79. The molecule has 1 aliphatic rings. The minimum absolute atomic E-state index is 0.0334. The second-order valence-electron chi connectivity index (χ2n) is 4.92. The Bertz CT molecular complexity index is 648. The zero-order valence-electron chi connectivity index (χ0n) is 11.1.